The van der Waals surface area contributed by atoms with E-state index in [0.29, 0.717) is 11.3 Å². The number of rotatable bonds is 4. The summed E-state index contributed by atoms with van der Waals surface area (Å²) in [5.74, 6) is -0.0970. The van der Waals surface area contributed by atoms with E-state index < -0.39 is 17.7 Å². The molecule has 2 rings (SSSR count). The van der Waals surface area contributed by atoms with E-state index in [1.54, 1.807) is 24.3 Å². The molecule has 6 heteroatoms. The van der Waals surface area contributed by atoms with Crippen LogP contribution in [0.3, 0.4) is 0 Å². The predicted molar refractivity (Wildman–Crippen MR) is 73.6 cm³/mol. The zero-order valence-corrected chi connectivity index (χ0v) is 11.7. The highest BCUT2D eigenvalue weighted by atomic mass is 19.4. The van der Waals surface area contributed by atoms with Crippen molar-refractivity contribution < 1.29 is 27.4 Å². The van der Waals surface area contributed by atoms with E-state index in [1.165, 1.54) is 19.2 Å². The van der Waals surface area contributed by atoms with Gasteiger partial charge in [-0.3, -0.25) is 0 Å². The maximum Gasteiger partial charge on any atom is 0.416 e. The topological polar surface area (TPSA) is 35.5 Å². The highest BCUT2D eigenvalue weighted by Gasteiger charge is 2.29. The first-order valence-electron chi connectivity index (χ1n) is 6.37. The van der Waals surface area contributed by atoms with Crippen molar-refractivity contribution in [1.29, 1.82) is 0 Å². The highest BCUT2D eigenvalue weighted by molar-refractivity contribution is 5.89. The van der Waals surface area contributed by atoms with Gasteiger partial charge >= 0.3 is 12.1 Å². The third kappa shape index (κ3) is 4.00. The second-order valence-corrected chi connectivity index (χ2v) is 4.50. The van der Waals surface area contributed by atoms with Crippen LogP contribution in [0.1, 0.15) is 21.5 Å². The minimum atomic E-state index is -4.36. The Bertz CT molecular complexity index is 631. The maximum atomic E-state index is 12.4. The van der Waals surface area contributed by atoms with Gasteiger partial charge in [0.15, 0.2) is 0 Å². The van der Waals surface area contributed by atoms with Crippen LogP contribution in [-0.4, -0.2) is 13.1 Å². The molecule has 0 spiro atoms. The standard InChI is InChI=1S/C16H13F3O3/c1-21-15(20)12-4-2-11(3-5-12)10-22-14-8-6-13(7-9-14)16(17,18)19/h2-9H,10H2,1H3. The molecule has 0 heterocycles. The molecule has 0 fully saturated rings. The quantitative estimate of drug-likeness (QED) is 0.799. The third-order valence-electron chi connectivity index (χ3n) is 2.96. The number of halogens is 3. The van der Waals surface area contributed by atoms with Crippen LogP contribution in [0.25, 0.3) is 0 Å². The van der Waals surface area contributed by atoms with Crippen LogP contribution in [-0.2, 0) is 17.5 Å². The fraction of sp³-hybridized carbons (Fsp3) is 0.188. The molecule has 0 bridgehead atoms. The number of esters is 1. The van der Waals surface area contributed by atoms with Crippen molar-refractivity contribution >= 4 is 5.97 Å². The van der Waals surface area contributed by atoms with Crippen molar-refractivity contribution in [2.75, 3.05) is 7.11 Å². The molecular weight excluding hydrogens is 297 g/mol. The van der Waals surface area contributed by atoms with Crippen LogP contribution in [0.5, 0.6) is 5.75 Å². The number of ether oxygens (including phenoxy) is 2. The molecule has 3 nitrogen and oxygen atoms in total. The molecule has 0 N–H and O–H groups in total. The van der Waals surface area contributed by atoms with Gasteiger partial charge in [0.05, 0.1) is 18.2 Å². The Labute approximate surface area is 125 Å². The number of hydrogen-bond donors (Lipinski definition) is 0. The van der Waals surface area contributed by atoms with Gasteiger partial charge in [0, 0.05) is 0 Å². The largest absolute Gasteiger partial charge is 0.489 e. The molecule has 0 saturated heterocycles. The van der Waals surface area contributed by atoms with Crippen molar-refractivity contribution in [3.63, 3.8) is 0 Å². The molecule has 0 aliphatic carbocycles. The van der Waals surface area contributed by atoms with Crippen LogP contribution < -0.4 is 4.74 Å². The average molecular weight is 310 g/mol. The fourth-order valence-electron chi connectivity index (χ4n) is 1.76. The number of carbonyl (C=O) groups is 1. The normalized spacial score (nSPS) is 11.1. The van der Waals surface area contributed by atoms with E-state index in [-0.39, 0.29) is 6.61 Å². The Morgan fingerprint density at radius 1 is 1.00 bits per heavy atom. The van der Waals surface area contributed by atoms with Crippen molar-refractivity contribution in [1.82, 2.24) is 0 Å². The van der Waals surface area contributed by atoms with Gasteiger partial charge in [0.2, 0.25) is 0 Å². The smallest absolute Gasteiger partial charge is 0.416 e. The lowest BCUT2D eigenvalue weighted by molar-refractivity contribution is -0.137. The zero-order valence-electron chi connectivity index (χ0n) is 11.7. The number of hydrogen-bond acceptors (Lipinski definition) is 3. The second kappa shape index (κ2) is 6.51. The molecule has 2 aromatic carbocycles. The van der Waals surface area contributed by atoms with Crippen molar-refractivity contribution in [2.45, 2.75) is 12.8 Å². The number of benzene rings is 2. The lowest BCUT2D eigenvalue weighted by atomic mass is 10.1. The average Bonchev–Trinajstić information content (AvgIpc) is 2.52. The van der Waals surface area contributed by atoms with E-state index >= 15 is 0 Å². The molecule has 116 valence electrons. The van der Waals surface area contributed by atoms with Gasteiger partial charge in [-0.05, 0) is 42.0 Å². The molecule has 2 aromatic rings. The molecular formula is C16H13F3O3. The van der Waals surface area contributed by atoms with Crippen LogP contribution in [0, 0.1) is 0 Å². The summed E-state index contributed by atoms with van der Waals surface area (Å²) < 4.78 is 47.3. The SMILES string of the molecule is COC(=O)c1ccc(COc2ccc(C(F)(F)F)cc2)cc1. The summed E-state index contributed by atoms with van der Waals surface area (Å²) in [6.07, 6.45) is -4.36. The molecule has 22 heavy (non-hydrogen) atoms. The van der Waals surface area contributed by atoms with E-state index in [2.05, 4.69) is 4.74 Å². The molecule has 0 aromatic heterocycles. The number of alkyl halides is 3. The van der Waals surface area contributed by atoms with Gasteiger partial charge in [0.1, 0.15) is 12.4 Å². The summed E-state index contributed by atoms with van der Waals surface area (Å²) in [7, 11) is 1.30. The van der Waals surface area contributed by atoms with Crippen molar-refractivity contribution in [2.24, 2.45) is 0 Å². The molecule has 0 saturated carbocycles. The Morgan fingerprint density at radius 2 is 1.59 bits per heavy atom. The van der Waals surface area contributed by atoms with E-state index in [9.17, 15) is 18.0 Å². The minimum Gasteiger partial charge on any atom is -0.489 e. The minimum absolute atomic E-state index is 0.187. The molecule has 0 atom stereocenters. The van der Waals surface area contributed by atoms with Crippen LogP contribution >= 0.6 is 0 Å². The lowest BCUT2D eigenvalue weighted by Crippen LogP contribution is -2.04. The Morgan fingerprint density at radius 3 is 2.09 bits per heavy atom. The molecule has 0 amide bonds. The number of methoxy groups -OCH3 is 1. The van der Waals surface area contributed by atoms with Crippen LogP contribution in [0.2, 0.25) is 0 Å². The van der Waals surface area contributed by atoms with E-state index in [4.69, 9.17) is 4.74 Å². The Kier molecular flexibility index (Phi) is 4.70. The van der Waals surface area contributed by atoms with Gasteiger partial charge in [-0.15, -0.1) is 0 Å². The van der Waals surface area contributed by atoms with E-state index in [1.807, 2.05) is 0 Å². The zero-order chi connectivity index (χ0) is 16.2. The van der Waals surface area contributed by atoms with Crippen LogP contribution in [0.15, 0.2) is 48.5 Å². The maximum absolute atomic E-state index is 12.4. The first kappa shape index (κ1) is 15.9. The predicted octanol–water partition coefficient (Wildman–Crippen LogP) is 4.07. The van der Waals surface area contributed by atoms with Gasteiger partial charge < -0.3 is 9.47 Å². The van der Waals surface area contributed by atoms with Gasteiger partial charge in [-0.25, -0.2) is 4.79 Å². The monoisotopic (exact) mass is 310 g/mol. The summed E-state index contributed by atoms with van der Waals surface area (Å²) >= 11 is 0. The summed E-state index contributed by atoms with van der Waals surface area (Å²) in [5.41, 5.74) is 0.482. The Hall–Kier alpha value is -2.50. The first-order valence-corrected chi connectivity index (χ1v) is 6.37. The molecule has 0 aliphatic heterocycles. The van der Waals surface area contributed by atoms with Gasteiger partial charge in [-0.1, -0.05) is 12.1 Å². The van der Waals surface area contributed by atoms with Gasteiger partial charge in [0.25, 0.3) is 0 Å². The van der Waals surface area contributed by atoms with Crippen LogP contribution in [0.4, 0.5) is 13.2 Å². The third-order valence-corrected chi connectivity index (χ3v) is 2.96. The summed E-state index contributed by atoms with van der Waals surface area (Å²) in [6.45, 7) is 0.187. The molecule has 0 radical (unpaired) electrons. The molecule has 0 aliphatic rings. The fourth-order valence-corrected chi connectivity index (χ4v) is 1.76. The van der Waals surface area contributed by atoms with E-state index in [0.717, 1.165) is 17.7 Å². The lowest BCUT2D eigenvalue weighted by Gasteiger charge is -2.09. The number of carbonyl (C=O) groups excluding carboxylic acids is 1. The van der Waals surface area contributed by atoms with Crippen molar-refractivity contribution in [3.05, 3.63) is 65.2 Å². The first-order chi connectivity index (χ1) is 10.4. The summed E-state index contributed by atoms with van der Waals surface area (Å²) in [6, 6.07) is 11.0. The summed E-state index contributed by atoms with van der Waals surface area (Å²) in [5, 5.41) is 0. The van der Waals surface area contributed by atoms with Crippen molar-refractivity contribution in [3.8, 4) is 5.75 Å². The molecule has 0 unspecified atom stereocenters. The summed E-state index contributed by atoms with van der Waals surface area (Å²) in [4.78, 5) is 11.3. The second-order valence-electron chi connectivity index (χ2n) is 4.50. The Balaban J connectivity index is 1.97. The highest BCUT2D eigenvalue weighted by Crippen LogP contribution is 2.30. The van der Waals surface area contributed by atoms with Gasteiger partial charge in [-0.2, -0.15) is 13.2 Å².